The zero-order chi connectivity index (χ0) is 24.0. The van der Waals surface area contributed by atoms with Gasteiger partial charge >= 0.3 is 5.69 Å². The molecule has 10 heteroatoms. The summed E-state index contributed by atoms with van der Waals surface area (Å²) in [5.74, 6) is 1.09. The molecule has 0 aliphatic rings. The van der Waals surface area contributed by atoms with Crippen LogP contribution in [0.3, 0.4) is 0 Å². The lowest BCUT2D eigenvalue weighted by Gasteiger charge is -2.19. The molecule has 0 amide bonds. The van der Waals surface area contributed by atoms with Gasteiger partial charge < -0.3 is 24.6 Å². The topological polar surface area (TPSA) is 117 Å². The maximum absolute atomic E-state index is 12.6. The van der Waals surface area contributed by atoms with Crippen LogP contribution in [0.1, 0.15) is 26.3 Å². The summed E-state index contributed by atoms with van der Waals surface area (Å²) in [5.41, 5.74) is 0.621. The second-order valence-corrected chi connectivity index (χ2v) is 7.95. The summed E-state index contributed by atoms with van der Waals surface area (Å²) in [6, 6.07) is 7.73. The number of H-pyrrole nitrogens is 1. The summed E-state index contributed by atoms with van der Waals surface area (Å²) in [6.45, 7) is 9.67. The first-order valence-corrected chi connectivity index (χ1v) is 11.4. The first kappa shape index (κ1) is 24.5. The zero-order valence-corrected chi connectivity index (χ0v) is 19.8. The first-order valence-electron chi connectivity index (χ1n) is 11.4. The molecule has 0 saturated carbocycles. The van der Waals surface area contributed by atoms with E-state index in [1.165, 1.54) is 10.1 Å². The Bertz CT molecular complexity index is 1160. The predicted octanol–water partition coefficient (Wildman–Crippen LogP) is 1.18. The number of benzene rings is 1. The lowest BCUT2D eigenvalue weighted by Crippen LogP contribution is -2.31. The molecular weight excluding hydrogens is 424 g/mol. The van der Waals surface area contributed by atoms with Crippen molar-refractivity contribution in [2.45, 2.75) is 39.8 Å². The van der Waals surface area contributed by atoms with Gasteiger partial charge in [0.05, 0.1) is 6.54 Å². The van der Waals surface area contributed by atoms with E-state index in [1.807, 2.05) is 24.3 Å². The lowest BCUT2D eigenvalue weighted by molar-refractivity contribution is 0.0938. The van der Waals surface area contributed by atoms with E-state index in [2.05, 4.69) is 41.0 Å². The van der Waals surface area contributed by atoms with Crippen molar-refractivity contribution >= 4 is 17.1 Å². The summed E-state index contributed by atoms with van der Waals surface area (Å²) < 4.78 is 8.64. The number of hydrogen-bond donors (Lipinski definition) is 3. The Labute approximate surface area is 192 Å². The highest BCUT2D eigenvalue weighted by atomic mass is 16.5. The van der Waals surface area contributed by atoms with Crippen molar-refractivity contribution in [3.63, 3.8) is 0 Å². The molecule has 0 radical (unpaired) electrons. The zero-order valence-electron chi connectivity index (χ0n) is 19.8. The number of imidazole rings is 1. The number of hydrogen-bond acceptors (Lipinski definition) is 7. The van der Waals surface area contributed by atoms with Crippen molar-refractivity contribution in [2.75, 3.05) is 38.1 Å². The van der Waals surface area contributed by atoms with Crippen LogP contribution >= 0.6 is 0 Å². The molecule has 33 heavy (non-hydrogen) atoms. The summed E-state index contributed by atoms with van der Waals surface area (Å²) in [4.78, 5) is 33.7. The van der Waals surface area contributed by atoms with E-state index in [1.54, 1.807) is 11.6 Å². The fraction of sp³-hybridized carbons (Fsp3) is 0.522. The van der Waals surface area contributed by atoms with E-state index in [0.717, 1.165) is 26.1 Å². The van der Waals surface area contributed by atoms with Crippen molar-refractivity contribution < 1.29 is 9.84 Å². The number of nitrogens with zero attached hydrogens (tertiary/aromatic N) is 4. The third kappa shape index (κ3) is 5.82. The van der Waals surface area contributed by atoms with Gasteiger partial charge in [-0.2, -0.15) is 4.98 Å². The highest BCUT2D eigenvalue weighted by Gasteiger charge is 2.20. The number of aromatic amines is 1. The van der Waals surface area contributed by atoms with Crippen molar-refractivity contribution in [1.82, 2.24) is 24.0 Å². The van der Waals surface area contributed by atoms with Crippen LogP contribution in [0.5, 0.6) is 5.75 Å². The van der Waals surface area contributed by atoms with Gasteiger partial charge in [-0.3, -0.25) is 14.3 Å². The van der Waals surface area contributed by atoms with Crippen molar-refractivity contribution in [1.29, 1.82) is 0 Å². The molecule has 2 heterocycles. The van der Waals surface area contributed by atoms with Gasteiger partial charge in [0.1, 0.15) is 18.5 Å². The Hall–Kier alpha value is -3.11. The molecule has 0 aliphatic carbocycles. The molecular formula is C23H34N6O4. The van der Waals surface area contributed by atoms with E-state index in [9.17, 15) is 14.7 Å². The van der Waals surface area contributed by atoms with Gasteiger partial charge in [0.2, 0.25) is 5.95 Å². The van der Waals surface area contributed by atoms with Crippen LogP contribution in [0.15, 0.2) is 33.9 Å². The number of fused-ring (bicyclic) bond motifs is 1. The third-order valence-electron chi connectivity index (χ3n) is 5.78. The van der Waals surface area contributed by atoms with Gasteiger partial charge in [0, 0.05) is 20.1 Å². The number of aryl methyl sites for hydroxylation is 2. The Kier molecular flexibility index (Phi) is 8.29. The normalized spacial score (nSPS) is 12.4. The first-order chi connectivity index (χ1) is 15.9. The minimum atomic E-state index is -0.895. The van der Waals surface area contributed by atoms with Crippen LogP contribution < -0.4 is 21.3 Å². The van der Waals surface area contributed by atoms with Crippen LogP contribution in [0, 0.1) is 0 Å². The van der Waals surface area contributed by atoms with Crippen LogP contribution in [0.25, 0.3) is 11.2 Å². The molecule has 0 aliphatic heterocycles. The SMILES string of the molecule is CCc1ccc(OC[C@@H](O)Cn2c(NCCN(CC)CC)nc3c2c(=O)[nH]c(=O)n3C)cc1. The standard InChI is InChI=1S/C23H34N6O4/c1-5-16-8-10-18(11-9-16)33-15-17(30)14-29-19-20(27(4)23(32)26-21(19)31)25-22(29)24-12-13-28(6-2)7-3/h8-11,17,30H,5-7,12-15H2,1-4H3,(H,24,25)(H,26,31,32)/t17-/m0/s1. The van der Waals surface area contributed by atoms with Crippen LogP contribution in [-0.2, 0) is 20.0 Å². The van der Waals surface area contributed by atoms with E-state index >= 15 is 0 Å². The molecule has 3 rings (SSSR count). The minimum absolute atomic E-state index is 0.0493. The number of aliphatic hydroxyl groups is 1. The molecule has 10 nitrogen and oxygen atoms in total. The second-order valence-electron chi connectivity index (χ2n) is 7.95. The van der Waals surface area contributed by atoms with E-state index < -0.39 is 17.4 Å². The number of likely N-dealkylation sites (N-methyl/N-ethyl adjacent to an activating group) is 1. The summed E-state index contributed by atoms with van der Waals surface area (Å²) in [5, 5.41) is 13.9. The fourth-order valence-electron chi connectivity index (χ4n) is 3.69. The van der Waals surface area contributed by atoms with Gasteiger partial charge in [-0.05, 0) is 37.2 Å². The number of aliphatic hydroxyl groups excluding tert-OH is 1. The number of ether oxygens (including phenoxy) is 1. The maximum atomic E-state index is 12.6. The van der Waals surface area contributed by atoms with E-state index in [4.69, 9.17) is 4.74 Å². The lowest BCUT2D eigenvalue weighted by atomic mass is 10.2. The van der Waals surface area contributed by atoms with Crippen LogP contribution in [0.4, 0.5) is 5.95 Å². The molecule has 0 unspecified atom stereocenters. The Balaban J connectivity index is 1.81. The maximum Gasteiger partial charge on any atom is 0.329 e. The molecule has 0 fully saturated rings. The van der Waals surface area contributed by atoms with E-state index in [-0.39, 0.29) is 24.3 Å². The van der Waals surface area contributed by atoms with Gasteiger partial charge in [-0.15, -0.1) is 0 Å². The quantitative estimate of drug-likeness (QED) is 0.373. The fourth-order valence-corrected chi connectivity index (χ4v) is 3.69. The number of aromatic nitrogens is 4. The molecule has 3 aromatic rings. The van der Waals surface area contributed by atoms with Gasteiger partial charge in [-0.25, -0.2) is 4.79 Å². The molecule has 0 bridgehead atoms. The van der Waals surface area contributed by atoms with Crippen LogP contribution in [-0.4, -0.2) is 68.0 Å². The summed E-state index contributed by atoms with van der Waals surface area (Å²) in [6.07, 6.45) is 0.0470. The highest BCUT2D eigenvalue weighted by molar-refractivity contribution is 5.74. The van der Waals surface area contributed by atoms with E-state index in [0.29, 0.717) is 18.2 Å². The number of rotatable bonds is 12. The predicted molar refractivity (Wildman–Crippen MR) is 129 cm³/mol. The van der Waals surface area contributed by atoms with Crippen molar-refractivity contribution in [3.8, 4) is 5.75 Å². The summed E-state index contributed by atoms with van der Waals surface area (Å²) in [7, 11) is 1.55. The molecule has 1 atom stereocenters. The monoisotopic (exact) mass is 458 g/mol. The number of nitrogens with one attached hydrogen (secondary N) is 2. The molecule has 0 saturated heterocycles. The Morgan fingerprint density at radius 1 is 1.18 bits per heavy atom. The second kappa shape index (κ2) is 11.2. The smallest absolute Gasteiger partial charge is 0.329 e. The van der Waals surface area contributed by atoms with Gasteiger partial charge in [-0.1, -0.05) is 32.9 Å². The molecule has 0 spiro atoms. The number of anilines is 1. The summed E-state index contributed by atoms with van der Waals surface area (Å²) >= 11 is 0. The molecule has 1 aromatic carbocycles. The van der Waals surface area contributed by atoms with Crippen molar-refractivity contribution in [2.24, 2.45) is 7.05 Å². The molecule has 2 aromatic heterocycles. The Morgan fingerprint density at radius 3 is 2.52 bits per heavy atom. The van der Waals surface area contributed by atoms with Gasteiger partial charge in [0.15, 0.2) is 11.2 Å². The van der Waals surface area contributed by atoms with Gasteiger partial charge in [0.25, 0.3) is 5.56 Å². The average molecular weight is 459 g/mol. The molecule has 3 N–H and O–H groups in total. The average Bonchev–Trinajstić information content (AvgIpc) is 3.18. The Morgan fingerprint density at radius 2 is 1.88 bits per heavy atom. The minimum Gasteiger partial charge on any atom is -0.491 e. The molecule has 180 valence electrons. The van der Waals surface area contributed by atoms with Crippen LogP contribution in [0.2, 0.25) is 0 Å². The van der Waals surface area contributed by atoms with Crippen molar-refractivity contribution in [3.05, 3.63) is 50.7 Å². The largest absolute Gasteiger partial charge is 0.491 e. The highest BCUT2D eigenvalue weighted by Crippen LogP contribution is 2.17. The third-order valence-corrected chi connectivity index (χ3v) is 5.78.